The molecule has 0 aliphatic carbocycles. The quantitative estimate of drug-likeness (QED) is 0.839. The van der Waals surface area contributed by atoms with E-state index in [9.17, 15) is 9.18 Å². The molecule has 4 nitrogen and oxygen atoms in total. The van der Waals surface area contributed by atoms with E-state index in [2.05, 4.69) is 9.88 Å². The van der Waals surface area contributed by atoms with Gasteiger partial charge in [-0.15, -0.1) is 0 Å². The number of aromatic nitrogens is 1. The van der Waals surface area contributed by atoms with Crippen molar-refractivity contribution in [2.45, 2.75) is 25.8 Å². The van der Waals surface area contributed by atoms with Crippen LogP contribution in [-0.2, 0) is 17.8 Å². The van der Waals surface area contributed by atoms with Crippen molar-refractivity contribution >= 4 is 5.91 Å². The molecule has 0 unspecified atom stereocenters. The van der Waals surface area contributed by atoms with E-state index in [1.165, 1.54) is 12.1 Å². The zero-order chi connectivity index (χ0) is 17.5. The molecule has 3 rings (SSSR count). The minimum absolute atomic E-state index is 0.203. The number of halogens is 1. The zero-order valence-corrected chi connectivity index (χ0v) is 14.4. The summed E-state index contributed by atoms with van der Waals surface area (Å²) in [6, 6.07) is 12.5. The maximum absolute atomic E-state index is 13.0. The van der Waals surface area contributed by atoms with Crippen LogP contribution in [-0.4, -0.2) is 46.9 Å². The van der Waals surface area contributed by atoms with Crippen molar-refractivity contribution in [1.82, 2.24) is 14.8 Å². The first-order valence-electron chi connectivity index (χ1n) is 8.85. The lowest BCUT2D eigenvalue weighted by Crippen LogP contribution is -2.35. The molecule has 1 aromatic heterocycles. The van der Waals surface area contributed by atoms with Crippen molar-refractivity contribution in [1.29, 1.82) is 0 Å². The van der Waals surface area contributed by atoms with E-state index in [-0.39, 0.29) is 11.7 Å². The van der Waals surface area contributed by atoms with Crippen LogP contribution in [0.25, 0.3) is 0 Å². The summed E-state index contributed by atoms with van der Waals surface area (Å²) >= 11 is 0. The predicted octanol–water partition coefficient (Wildman–Crippen LogP) is 2.89. The van der Waals surface area contributed by atoms with Crippen LogP contribution >= 0.6 is 0 Å². The van der Waals surface area contributed by atoms with Crippen LogP contribution in [0.1, 0.15) is 24.1 Å². The number of amides is 1. The average molecular weight is 341 g/mol. The van der Waals surface area contributed by atoms with Crippen LogP contribution in [0.3, 0.4) is 0 Å². The van der Waals surface area contributed by atoms with Gasteiger partial charge in [-0.25, -0.2) is 4.39 Å². The number of hydrogen-bond acceptors (Lipinski definition) is 3. The first-order valence-corrected chi connectivity index (χ1v) is 8.85. The number of pyridine rings is 1. The molecule has 1 amide bonds. The summed E-state index contributed by atoms with van der Waals surface area (Å²) in [5.74, 6) is -0.00132. The number of benzene rings is 1. The summed E-state index contributed by atoms with van der Waals surface area (Å²) in [6.45, 7) is 4.17. The molecule has 0 bridgehead atoms. The van der Waals surface area contributed by atoms with Crippen LogP contribution in [0.15, 0.2) is 48.7 Å². The fourth-order valence-corrected chi connectivity index (χ4v) is 3.17. The van der Waals surface area contributed by atoms with Gasteiger partial charge in [0.25, 0.3) is 0 Å². The minimum Gasteiger partial charge on any atom is -0.341 e. The van der Waals surface area contributed by atoms with Crippen LogP contribution in [0.4, 0.5) is 4.39 Å². The number of aryl methyl sites for hydroxylation is 1. The van der Waals surface area contributed by atoms with Crippen molar-refractivity contribution in [2.75, 3.05) is 26.2 Å². The molecule has 1 aliphatic heterocycles. The lowest BCUT2D eigenvalue weighted by molar-refractivity contribution is -0.131. The molecule has 132 valence electrons. The Balaban J connectivity index is 1.47. The Labute approximate surface area is 148 Å². The Morgan fingerprint density at radius 2 is 1.88 bits per heavy atom. The maximum Gasteiger partial charge on any atom is 0.223 e. The SMILES string of the molecule is O=C(CCc1ccccn1)N1CCCN(Cc2ccc(F)cc2)CC1. The second-order valence-electron chi connectivity index (χ2n) is 6.46. The largest absolute Gasteiger partial charge is 0.341 e. The van der Waals surface area contributed by atoms with Gasteiger partial charge in [-0.2, -0.15) is 0 Å². The highest BCUT2D eigenvalue weighted by molar-refractivity contribution is 5.76. The van der Waals surface area contributed by atoms with E-state index in [0.29, 0.717) is 12.8 Å². The van der Waals surface area contributed by atoms with Gasteiger partial charge >= 0.3 is 0 Å². The highest BCUT2D eigenvalue weighted by atomic mass is 19.1. The van der Waals surface area contributed by atoms with Crippen LogP contribution < -0.4 is 0 Å². The van der Waals surface area contributed by atoms with Gasteiger partial charge in [0.2, 0.25) is 5.91 Å². The molecule has 0 saturated carbocycles. The third-order valence-electron chi connectivity index (χ3n) is 4.58. The van der Waals surface area contributed by atoms with E-state index in [1.807, 2.05) is 35.2 Å². The highest BCUT2D eigenvalue weighted by Crippen LogP contribution is 2.11. The summed E-state index contributed by atoms with van der Waals surface area (Å²) in [7, 11) is 0. The molecule has 2 aromatic rings. The molecule has 25 heavy (non-hydrogen) atoms. The second kappa shape index (κ2) is 8.72. The monoisotopic (exact) mass is 341 g/mol. The lowest BCUT2D eigenvalue weighted by atomic mass is 10.2. The lowest BCUT2D eigenvalue weighted by Gasteiger charge is -2.22. The normalized spacial score (nSPS) is 15.8. The molecule has 5 heteroatoms. The molecule has 0 N–H and O–H groups in total. The Morgan fingerprint density at radius 1 is 1.04 bits per heavy atom. The van der Waals surface area contributed by atoms with Gasteiger partial charge < -0.3 is 4.90 Å². The van der Waals surface area contributed by atoms with E-state index in [0.717, 1.165) is 50.4 Å². The summed E-state index contributed by atoms with van der Waals surface area (Å²) in [6.07, 6.45) is 3.93. The first-order chi connectivity index (χ1) is 12.2. The van der Waals surface area contributed by atoms with Crippen molar-refractivity contribution in [3.63, 3.8) is 0 Å². The number of carbonyl (C=O) groups is 1. The van der Waals surface area contributed by atoms with Crippen LogP contribution in [0, 0.1) is 5.82 Å². The molecule has 1 fully saturated rings. The molecule has 0 atom stereocenters. The molecule has 1 saturated heterocycles. The Hall–Kier alpha value is -2.27. The third-order valence-corrected chi connectivity index (χ3v) is 4.58. The van der Waals surface area contributed by atoms with Crippen LogP contribution in [0.5, 0.6) is 0 Å². The van der Waals surface area contributed by atoms with Gasteiger partial charge in [0.05, 0.1) is 0 Å². The smallest absolute Gasteiger partial charge is 0.223 e. The number of rotatable bonds is 5. The van der Waals surface area contributed by atoms with Gasteiger partial charge in [0.15, 0.2) is 0 Å². The van der Waals surface area contributed by atoms with Crippen molar-refractivity contribution < 1.29 is 9.18 Å². The number of carbonyl (C=O) groups excluding carboxylic acids is 1. The zero-order valence-electron chi connectivity index (χ0n) is 14.4. The summed E-state index contributed by atoms with van der Waals surface area (Å²) < 4.78 is 13.0. The number of nitrogens with zero attached hydrogens (tertiary/aromatic N) is 3. The van der Waals surface area contributed by atoms with Gasteiger partial charge in [-0.05, 0) is 42.7 Å². The summed E-state index contributed by atoms with van der Waals surface area (Å²) in [5.41, 5.74) is 2.07. The van der Waals surface area contributed by atoms with E-state index < -0.39 is 0 Å². The topological polar surface area (TPSA) is 36.4 Å². The molecular formula is C20H24FN3O. The Bertz CT molecular complexity index is 675. The van der Waals surface area contributed by atoms with Crippen molar-refractivity contribution in [3.8, 4) is 0 Å². The molecule has 2 heterocycles. The van der Waals surface area contributed by atoms with Gasteiger partial charge in [0, 0.05) is 51.0 Å². The van der Waals surface area contributed by atoms with Gasteiger partial charge in [0.1, 0.15) is 5.82 Å². The minimum atomic E-state index is -0.204. The molecule has 1 aliphatic rings. The van der Waals surface area contributed by atoms with E-state index >= 15 is 0 Å². The highest BCUT2D eigenvalue weighted by Gasteiger charge is 2.19. The molecular weight excluding hydrogens is 317 g/mol. The summed E-state index contributed by atoms with van der Waals surface area (Å²) in [4.78, 5) is 21.0. The molecule has 0 spiro atoms. The Morgan fingerprint density at radius 3 is 2.64 bits per heavy atom. The molecule has 1 aromatic carbocycles. The summed E-state index contributed by atoms with van der Waals surface area (Å²) in [5, 5.41) is 0. The fourth-order valence-electron chi connectivity index (χ4n) is 3.17. The first kappa shape index (κ1) is 17.5. The maximum atomic E-state index is 13.0. The van der Waals surface area contributed by atoms with Crippen molar-refractivity contribution in [2.24, 2.45) is 0 Å². The van der Waals surface area contributed by atoms with Gasteiger partial charge in [-0.3, -0.25) is 14.7 Å². The second-order valence-corrected chi connectivity index (χ2v) is 6.46. The third kappa shape index (κ3) is 5.36. The molecule has 0 radical (unpaired) electrons. The van der Waals surface area contributed by atoms with E-state index in [1.54, 1.807) is 6.20 Å². The number of hydrogen-bond donors (Lipinski definition) is 0. The average Bonchev–Trinajstić information content (AvgIpc) is 2.88. The Kier molecular flexibility index (Phi) is 6.12. The van der Waals surface area contributed by atoms with Gasteiger partial charge in [-0.1, -0.05) is 18.2 Å². The standard InChI is InChI=1S/C20H24FN3O/c21-18-7-5-17(6-8-18)16-23-12-3-13-24(15-14-23)20(25)10-9-19-4-1-2-11-22-19/h1-2,4-8,11H,3,9-10,12-16H2. The van der Waals surface area contributed by atoms with E-state index in [4.69, 9.17) is 0 Å². The predicted molar refractivity (Wildman–Crippen MR) is 95.4 cm³/mol. The fraction of sp³-hybridized carbons (Fsp3) is 0.400. The van der Waals surface area contributed by atoms with Crippen molar-refractivity contribution in [3.05, 3.63) is 65.7 Å². The van der Waals surface area contributed by atoms with Crippen LogP contribution in [0.2, 0.25) is 0 Å².